The van der Waals surface area contributed by atoms with Crippen molar-refractivity contribution in [2.24, 2.45) is 5.73 Å². The van der Waals surface area contributed by atoms with Gasteiger partial charge < -0.3 is 11.5 Å². The number of rotatable bonds is 3. The lowest BCUT2D eigenvalue weighted by Gasteiger charge is -2.16. The van der Waals surface area contributed by atoms with Gasteiger partial charge in [-0.3, -0.25) is 14.2 Å². The zero-order chi connectivity index (χ0) is 18.4. The highest BCUT2D eigenvalue weighted by atomic mass is 32.2. The quantitative estimate of drug-likeness (QED) is 0.618. The summed E-state index contributed by atoms with van der Waals surface area (Å²) in [4.78, 5) is 31.9. The SMILES string of the molecule is CS(=O)(=O)c1ncc2c(=O)c(C(N)=O)c(N)n(-c3ccccc3)c2n1. The molecular formula is C15H13N5O4S. The van der Waals surface area contributed by atoms with E-state index in [9.17, 15) is 18.0 Å². The predicted molar refractivity (Wildman–Crippen MR) is 91.2 cm³/mol. The van der Waals surface area contributed by atoms with Gasteiger partial charge in [0.2, 0.25) is 20.4 Å². The van der Waals surface area contributed by atoms with E-state index in [0.29, 0.717) is 5.69 Å². The normalized spacial score (nSPS) is 11.6. The van der Waals surface area contributed by atoms with E-state index in [4.69, 9.17) is 11.5 Å². The number of primary amides is 1. The Morgan fingerprint density at radius 3 is 2.40 bits per heavy atom. The molecule has 0 saturated carbocycles. The molecule has 0 bridgehead atoms. The number of nitrogens with zero attached hydrogens (tertiary/aromatic N) is 3. The molecule has 0 radical (unpaired) electrons. The summed E-state index contributed by atoms with van der Waals surface area (Å²) in [6.45, 7) is 0. The number of sulfone groups is 1. The molecule has 1 aromatic carbocycles. The Balaban J connectivity index is 2.57. The third-order valence-electron chi connectivity index (χ3n) is 3.52. The highest BCUT2D eigenvalue weighted by Crippen LogP contribution is 2.22. The molecule has 0 fully saturated rings. The van der Waals surface area contributed by atoms with E-state index in [-0.39, 0.29) is 16.9 Å². The molecule has 0 atom stereocenters. The summed E-state index contributed by atoms with van der Waals surface area (Å²) in [6, 6.07) is 8.50. The maximum atomic E-state index is 12.5. The van der Waals surface area contributed by atoms with Crippen LogP contribution in [0.15, 0.2) is 46.5 Å². The first-order valence-electron chi connectivity index (χ1n) is 6.98. The van der Waals surface area contributed by atoms with Crippen molar-refractivity contribution < 1.29 is 13.2 Å². The van der Waals surface area contributed by atoms with Gasteiger partial charge in [-0.2, -0.15) is 4.98 Å². The van der Waals surface area contributed by atoms with Crippen LogP contribution in [0.1, 0.15) is 10.4 Å². The average molecular weight is 359 g/mol. The minimum absolute atomic E-state index is 0.0332. The van der Waals surface area contributed by atoms with Crippen molar-refractivity contribution in [3.63, 3.8) is 0 Å². The van der Waals surface area contributed by atoms with Crippen LogP contribution in [0.5, 0.6) is 0 Å². The van der Waals surface area contributed by atoms with Gasteiger partial charge in [-0.15, -0.1) is 0 Å². The van der Waals surface area contributed by atoms with Gasteiger partial charge in [-0.05, 0) is 12.1 Å². The van der Waals surface area contributed by atoms with Gasteiger partial charge in [0.25, 0.3) is 5.91 Å². The lowest BCUT2D eigenvalue weighted by molar-refractivity contribution is 0.1000. The smallest absolute Gasteiger partial charge is 0.256 e. The number of hydrogen-bond acceptors (Lipinski definition) is 7. The van der Waals surface area contributed by atoms with Crippen molar-refractivity contribution in [3.05, 3.63) is 52.3 Å². The van der Waals surface area contributed by atoms with E-state index in [1.807, 2.05) is 0 Å². The third-order valence-corrected chi connectivity index (χ3v) is 4.38. The van der Waals surface area contributed by atoms with Crippen molar-refractivity contribution in [1.29, 1.82) is 0 Å². The molecule has 25 heavy (non-hydrogen) atoms. The number of nitrogens with two attached hydrogens (primary N) is 2. The Hall–Kier alpha value is -3.27. The third kappa shape index (κ3) is 2.72. The van der Waals surface area contributed by atoms with Crippen LogP contribution < -0.4 is 16.9 Å². The van der Waals surface area contributed by atoms with E-state index >= 15 is 0 Å². The number of pyridine rings is 1. The Bertz CT molecular complexity index is 1170. The maximum Gasteiger partial charge on any atom is 0.256 e. The number of hydrogen-bond donors (Lipinski definition) is 2. The van der Waals surface area contributed by atoms with Crippen molar-refractivity contribution in [3.8, 4) is 5.69 Å². The van der Waals surface area contributed by atoms with Crippen LogP contribution in [-0.2, 0) is 9.84 Å². The molecule has 0 aliphatic rings. The maximum absolute atomic E-state index is 12.5. The number of amides is 1. The second kappa shape index (κ2) is 5.67. The number of aromatic nitrogens is 3. The van der Waals surface area contributed by atoms with Crippen LogP contribution in [-0.4, -0.2) is 35.1 Å². The van der Waals surface area contributed by atoms with Gasteiger partial charge in [0.05, 0.1) is 5.39 Å². The van der Waals surface area contributed by atoms with Gasteiger partial charge >= 0.3 is 0 Å². The summed E-state index contributed by atoms with van der Waals surface area (Å²) in [5, 5.41) is -0.533. The fourth-order valence-electron chi connectivity index (χ4n) is 2.42. The van der Waals surface area contributed by atoms with Gasteiger partial charge in [0.15, 0.2) is 5.65 Å². The Labute approximate surface area is 141 Å². The number of carbonyl (C=O) groups excluding carboxylic acids is 1. The molecule has 0 aliphatic heterocycles. The molecule has 0 spiro atoms. The number of carbonyl (C=O) groups is 1. The fourth-order valence-corrected chi connectivity index (χ4v) is 2.92. The monoisotopic (exact) mass is 359 g/mol. The summed E-state index contributed by atoms with van der Waals surface area (Å²) in [6.07, 6.45) is 1.99. The number of anilines is 1. The molecule has 4 N–H and O–H groups in total. The first kappa shape index (κ1) is 16.6. The highest BCUT2D eigenvalue weighted by Gasteiger charge is 2.22. The molecule has 3 aromatic rings. The topological polar surface area (TPSA) is 151 Å². The minimum Gasteiger partial charge on any atom is -0.384 e. The van der Waals surface area contributed by atoms with Crippen LogP contribution in [0.3, 0.4) is 0 Å². The molecular weight excluding hydrogens is 346 g/mol. The molecule has 10 heteroatoms. The molecule has 3 rings (SSSR count). The van der Waals surface area contributed by atoms with Crippen molar-refractivity contribution in [2.75, 3.05) is 12.0 Å². The zero-order valence-electron chi connectivity index (χ0n) is 13.0. The molecule has 0 saturated heterocycles. The van der Waals surface area contributed by atoms with Gasteiger partial charge in [0, 0.05) is 18.1 Å². The molecule has 2 aromatic heterocycles. The van der Waals surface area contributed by atoms with Crippen LogP contribution in [0.2, 0.25) is 0 Å². The highest BCUT2D eigenvalue weighted by molar-refractivity contribution is 7.90. The Morgan fingerprint density at radius 2 is 1.84 bits per heavy atom. The van der Waals surface area contributed by atoms with E-state index in [1.165, 1.54) is 4.57 Å². The van der Waals surface area contributed by atoms with Gasteiger partial charge in [-0.25, -0.2) is 13.4 Å². The molecule has 128 valence electrons. The number of fused-ring (bicyclic) bond motifs is 1. The Morgan fingerprint density at radius 1 is 1.20 bits per heavy atom. The minimum atomic E-state index is -3.72. The van der Waals surface area contributed by atoms with Crippen LogP contribution in [0, 0.1) is 0 Å². The summed E-state index contributed by atoms with van der Waals surface area (Å²) in [5.41, 5.74) is 10.6. The summed E-state index contributed by atoms with van der Waals surface area (Å²) in [7, 11) is -3.72. The lowest BCUT2D eigenvalue weighted by atomic mass is 10.1. The second-order valence-corrected chi connectivity index (χ2v) is 7.20. The van der Waals surface area contributed by atoms with E-state index in [1.54, 1.807) is 30.3 Å². The van der Waals surface area contributed by atoms with Gasteiger partial charge in [-0.1, -0.05) is 18.2 Å². The van der Waals surface area contributed by atoms with Crippen molar-refractivity contribution in [2.45, 2.75) is 5.16 Å². The average Bonchev–Trinajstić information content (AvgIpc) is 2.54. The fraction of sp³-hybridized carbons (Fsp3) is 0.0667. The number of para-hydroxylation sites is 1. The summed E-state index contributed by atoms with van der Waals surface area (Å²) < 4.78 is 24.8. The molecule has 1 amide bonds. The second-order valence-electron chi connectivity index (χ2n) is 5.29. The van der Waals surface area contributed by atoms with Crippen LogP contribution >= 0.6 is 0 Å². The van der Waals surface area contributed by atoms with E-state index in [2.05, 4.69) is 9.97 Å². The lowest BCUT2D eigenvalue weighted by Crippen LogP contribution is -2.28. The summed E-state index contributed by atoms with van der Waals surface area (Å²) in [5.74, 6) is -1.23. The molecule has 0 aliphatic carbocycles. The molecule has 0 unspecified atom stereocenters. The number of nitrogen functional groups attached to an aromatic ring is 1. The number of benzene rings is 1. The zero-order valence-corrected chi connectivity index (χ0v) is 13.8. The van der Waals surface area contributed by atoms with Crippen molar-refractivity contribution >= 4 is 32.6 Å². The standard InChI is InChI=1S/C15H13N5O4S/c1-25(23,24)15-18-7-9-11(21)10(13(17)22)12(16)20(14(9)19-15)8-5-3-2-4-6-8/h2-7H,16H2,1H3,(H2,17,22). The first-order chi connectivity index (χ1) is 11.7. The van der Waals surface area contributed by atoms with Crippen LogP contribution in [0.25, 0.3) is 16.7 Å². The predicted octanol–water partition coefficient (Wildman–Crippen LogP) is -0.135. The van der Waals surface area contributed by atoms with E-state index in [0.717, 1.165) is 12.5 Å². The van der Waals surface area contributed by atoms with Crippen LogP contribution in [0.4, 0.5) is 5.82 Å². The summed E-state index contributed by atoms with van der Waals surface area (Å²) >= 11 is 0. The van der Waals surface area contributed by atoms with Crippen molar-refractivity contribution in [1.82, 2.24) is 14.5 Å². The largest absolute Gasteiger partial charge is 0.384 e. The van der Waals surface area contributed by atoms with Gasteiger partial charge in [0.1, 0.15) is 11.4 Å². The van der Waals surface area contributed by atoms with E-state index < -0.39 is 31.9 Å². The first-order valence-corrected chi connectivity index (χ1v) is 8.87. The molecule has 9 nitrogen and oxygen atoms in total. The Kier molecular flexibility index (Phi) is 3.76. The molecule has 2 heterocycles.